The van der Waals surface area contributed by atoms with Crippen molar-refractivity contribution in [3.05, 3.63) is 34.9 Å². The number of likely N-dealkylation sites (tertiary alicyclic amines) is 1. The minimum atomic E-state index is -0.344. The molecule has 170 valence electrons. The number of rotatable bonds is 5. The zero-order valence-electron chi connectivity index (χ0n) is 19.3. The first-order valence-electron chi connectivity index (χ1n) is 12.8. The highest BCUT2D eigenvalue weighted by molar-refractivity contribution is 5.79. The minimum Gasteiger partial charge on any atom is -0.392 e. The smallest absolute Gasteiger partial charge is 0.225 e. The van der Waals surface area contributed by atoms with Crippen molar-refractivity contribution in [3.63, 3.8) is 0 Å². The van der Waals surface area contributed by atoms with Crippen molar-refractivity contribution >= 4 is 5.91 Å². The maximum atomic E-state index is 12.6. The maximum absolute atomic E-state index is 12.6. The number of nitrogens with zero attached hydrogens (tertiary/aromatic N) is 2. The molecule has 0 spiro atoms. The Labute approximate surface area is 188 Å². The molecule has 1 amide bonds. The molecule has 1 unspecified atom stereocenters. The molecule has 1 aromatic rings. The summed E-state index contributed by atoms with van der Waals surface area (Å²) in [6, 6.07) is 7.78. The summed E-state index contributed by atoms with van der Waals surface area (Å²) in [6.07, 6.45) is 12.0. The molecular weight excluding hydrogens is 384 g/mol. The summed E-state index contributed by atoms with van der Waals surface area (Å²) >= 11 is 0. The molecule has 2 heterocycles. The Morgan fingerprint density at radius 3 is 2.32 bits per heavy atom. The van der Waals surface area contributed by atoms with E-state index in [1.54, 1.807) is 0 Å². The predicted molar refractivity (Wildman–Crippen MR) is 124 cm³/mol. The van der Waals surface area contributed by atoms with Crippen LogP contribution in [0.1, 0.15) is 75.0 Å². The van der Waals surface area contributed by atoms with E-state index in [9.17, 15) is 9.90 Å². The number of benzene rings is 1. The number of fused-ring (bicyclic) bond motifs is 1. The molecule has 4 heteroatoms. The number of aliphatic hydroxyl groups is 1. The quantitative estimate of drug-likeness (QED) is 0.778. The third-order valence-corrected chi connectivity index (χ3v) is 9.10. The number of hydrogen-bond acceptors (Lipinski definition) is 3. The number of aliphatic hydroxyl groups excluding tert-OH is 1. The molecule has 31 heavy (non-hydrogen) atoms. The third kappa shape index (κ3) is 4.43. The number of carbonyl (C=O) groups excluding carboxylic acids is 1. The van der Waals surface area contributed by atoms with E-state index in [1.165, 1.54) is 55.5 Å². The Hall–Kier alpha value is -1.39. The van der Waals surface area contributed by atoms with Crippen molar-refractivity contribution in [1.29, 1.82) is 0 Å². The lowest BCUT2D eigenvalue weighted by Crippen LogP contribution is -2.49. The van der Waals surface area contributed by atoms with E-state index < -0.39 is 0 Å². The molecule has 1 saturated heterocycles. The van der Waals surface area contributed by atoms with Gasteiger partial charge < -0.3 is 10.0 Å². The Balaban J connectivity index is 1.17. The number of hydrogen-bond donors (Lipinski definition) is 1. The Morgan fingerprint density at radius 2 is 1.71 bits per heavy atom. The maximum Gasteiger partial charge on any atom is 0.225 e. The molecule has 5 rings (SSSR count). The van der Waals surface area contributed by atoms with E-state index in [2.05, 4.69) is 34.9 Å². The molecule has 1 aromatic carbocycles. The van der Waals surface area contributed by atoms with Crippen LogP contribution in [0.2, 0.25) is 0 Å². The topological polar surface area (TPSA) is 43.8 Å². The fourth-order valence-corrected chi connectivity index (χ4v) is 5.99. The first-order chi connectivity index (χ1) is 15.0. The lowest BCUT2D eigenvalue weighted by atomic mass is 9.73. The van der Waals surface area contributed by atoms with Gasteiger partial charge in [-0.25, -0.2) is 0 Å². The first-order valence-corrected chi connectivity index (χ1v) is 12.8. The van der Waals surface area contributed by atoms with E-state index in [0.29, 0.717) is 5.91 Å². The fraction of sp³-hybridized carbons (Fsp3) is 0.741. The van der Waals surface area contributed by atoms with Crippen LogP contribution in [0.15, 0.2) is 18.2 Å². The summed E-state index contributed by atoms with van der Waals surface area (Å²) in [6.45, 7) is 6.23. The van der Waals surface area contributed by atoms with Crippen molar-refractivity contribution in [2.45, 2.75) is 89.7 Å². The second-order valence-electron chi connectivity index (χ2n) is 11.1. The highest BCUT2D eigenvalue weighted by Gasteiger charge is 2.39. The van der Waals surface area contributed by atoms with Crippen molar-refractivity contribution < 1.29 is 9.90 Å². The molecule has 2 saturated carbocycles. The third-order valence-electron chi connectivity index (χ3n) is 9.10. The molecule has 0 radical (unpaired) electrons. The highest BCUT2D eigenvalue weighted by atomic mass is 16.3. The highest BCUT2D eigenvalue weighted by Crippen LogP contribution is 2.38. The second-order valence-corrected chi connectivity index (χ2v) is 11.1. The zero-order chi connectivity index (χ0) is 21.4. The minimum absolute atomic E-state index is 0.0930. The summed E-state index contributed by atoms with van der Waals surface area (Å²) in [5.41, 5.74) is 4.19. The zero-order valence-corrected chi connectivity index (χ0v) is 19.3. The van der Waals surface area contributed by atoms with Gasteiger partial charge in [-0.05, 0) is 79.9 Å². The van der Waals surface area contributed by atoms with Crippen molar-refractivity contribution in [3.8, 4) is 0 Å². The average Bonchev–Trinajstić information content (AvgIpc) is 2.88. The van der Waals surface area contributed by atoms with E-state index >= 15 is 0 Å². The van der Waals surface area contributed by atoms with Crippen LogP contribution in [0.5, 0.6) is 0 Å². The molecular formula is C27H40N2O2. The molecule has 0 bridgehead atoms. The van der Waals surface area contributed by atoms with E-state index in [1.807, 2.05) is 0 Å². The number of piperidine rings is 1. The van der Waals surface area contributed by atoms with Gasteiger partial charge in [0.1, 0.15) is 0 Å². The van der Waals surface area contributed by atoms with Crippen LogP contribution in [-0.4, -0.2) is 59.1 Å². The summed E-state index contributed by atoms with van der Waals surface area (Å²) < 4.78 is 0. The number of amides is 1. The monoisotopic (exact) mass is 424 g/mol. The van der Waals surface area contributed by atoms with Crippen LogP contribution in [0.3, 0.4) is 0 Å². The Morgan fingerprint density at radius 1 is 1.03 bits per heavy atom. The van der Waals surface area contributed by atoms with Crippen molar-refractivity contribution in [2.24, 2.45) is 11.3 Å². The fourth-order valence-electron chi connectivity index (χ4n) is 5.99. The van der Waals surface area contributed by atoms with Gasteiger partial charge in [-0.3, -0.25) is 9.69 Å². The molecule has 0 aromatic heterocycles. The van der Waals surface area contributed by atoms with Crippen LogP contribution in [-0.2, 0) is 24.1 Å². The molecule has 4 nitrogen and oxygen atoms in total. The Kier molecular flexibility index (Phi) is 6.13. The number of carbonyl (C=O) groups is 1. The average molecular weight is 425 g/mol. The molecule has 2 aliphatic heterocycles. The van der Waals surface area contributed by atoms with Gasteiger partial charge in [-0.2, -0.15) is 0 Å². The summed E-state index contributed by atoms with van der Waals surface area (Å²) in [5.74, 6) is 0.651. The van der Waals surface area contributed by atoms with E-state index in [-0.39, 0.29) is 17.4 Å². The molecule has 1 N–H and O–H groups in total. The normalized spacial score (nSPS) is 25.8. The summed E-state index contributed by atoms with van der Waals surface area (Å²) in [7, 11) is 0. The summed E-state index contributed by atoms with van der Waals surface area (Å²) in [4.78, 5) is 17.3. The van der Waals surface area contributed by atoms with Crippen LogP contribution in [0, 0.1) is 11.3 Å². The van der Waals surface area contributed by atoms with Gasteiger partial charge in [-0.1, -0.05) is 38.0 Å². The first kappa shape index (κ1) is 21.5. The van der Waals surface area contributed by atoms with Crippen LogP contribution in [0.25, 0.3) is 0 Å². The largest absolute Gasteiger partial charge is 0.392 e. The van der Waals surface area contributed by atoms with Crippen molar-refractivity contribution in [2.75, 3.05) is 26.2 Å². The molecule has 1 atom stereocenters. The lowest BCUT2D eigenvalue weighted by molar-refractivity contribution is -0.141. The van der Waals surface area contributed by atoms with Crippen LogP contribution < -0.4 is 0 Å². The Bertz CT molecular complexity index is 790. The van der Waals surface area contributed by atoms with E-state index in [4.69, 9.17) is 0 Å². The second kappa shape index (κ2) is 8.86. The van der Waals surface area contributed by atoms with Crippen LogP contribution in [0.4, 0.5) is 0 Å². The van der Waals surface area contributed by atoms with Gasteiger partial charge in [0.2, 0.25) is 5.91 Å². The lowest BCUT2D eigenvalue weighted by Gasteiger charge is -2.44. The molecule has 3 fully saturated rings. The molecule has 4 aliphatic rings. The predicted octanol–water partition coefficient (Wildman–Crippen LogP) is 3.97. The standard InChI is InChI=1S/C27H40N2O2/c1-27(12-16-29(17-13-27)26(31)22-4-2-5-22)25(30)19-20-8-9-21-10-14-28(24-6-3-7-24)15-11-23(21)18-20/h8-9,18,22,24-25,30H,2-7,10-17,19H2,1H3. The van der Waals surface area contributed by atoms with E-state index in [0.717, 1.165) is 64.1 Å². The summed E-state index contributed by atoms with van der Waals surface area (Å²) in [5, 5.41) is 11.2. The van der Waals surface area contributed by atoms with Gasteiger partial charge in [0.05, 0.1) is 6.10 Å². The van der Waals surface area contributed by atoms with Gasteiger partial charge in [-0.15, -0.1) is 0 Å². The molecule has 2 aliphatic carbocycles. The van der Waals surface area contributed by atoms with Gasteiger partial charge in [0.15, 0.2) is 0 Å². The van der Waals surface area contributed by atoms with Crippen LogP contribution >= 0.6 is 0 Å². The SMILES string of the molecule is CC1(C(O)Cc2ccc3c(c2)CCN(C2CCC2)CC3)CCN(C(=O)C2CCC2)CC1. The van der Waals surface area contributed by atoms with Gasteiger partial charge >= 0.3 is 0 Å². The van der Waals surface area contributed by atoms with Crippen molar-refractivity contribution in [1.82, 2.24) is 9.80 Å². The van der Waals surface area contributed by atoms with Gasteiger partial charge in [0.25, 0.3) is 0 Å². The van der Waals surface area contributed by atoms with Gasteiger partial charge in [0, 0.05) is 38.1 Å².